The Kier molecular flexibility index (Phi) is 5.80. The summed E-state index contributed by atoms with van der Waals surface area (Å²) in [7, 11) is 1.20. The molecule has 10 heteroatoms. The predicted octanol–water partition coefficient (Wildman–Crippen LogP) is 5.89. The first-order valence-corrected chi connectivity index (χ1v) is 11.0. The van der Waals surface area contributed by atoms with Crippen LogP contribution in [-0.4, -0.2) is 39.6 Å². The van der Waals surface area contributed by atoms with E-state index in [1.807, 2.05) is 6.07 Å². The second-order valence-corrected chi connectivity index (χ2v) is 9.50. The van der Waals surface area contributed by atoms with Gasteiger partial charge < -0.3 is 19.6 Å². The predicted molar refractivity (Wildman–Crippen MR) is 127 cm³/mol. The van der Waals surface area contributed by atoms with Gasteiger partial charge in [0.1, 0.15) is 11.4 Å². The maximum absolute atomic E-state index is 14.8. The summed E-state index contributed by atoms with van der Waals surface area (Å²) in [5, 5.41) is 21.0. The molecule has 0 aliphatic rings. The third-order valence-electron chi connectivity index (χ3n) is 5.84. The molecule has 7 nitrogen and oxygen atoms in total. The molecular weight excluding hydrogens is 475 g/mol. The van der Waals surface area contributed by atoms with Crippen molar-refractivity contribution in [2.45, 2.75) is 45.1 Å². The first-order valence-electron chi connectivity index (χ1n) is 11.0. The van der Waals surface area contributed by atoms with Crippen LogP contribution >= 0.6 is 0 Å². The van der Waals surface area contributed by atoms with Crippen LogP contribution in [-0.2, 0) is 10.3 Å². The summed E-state index contributed by atoms with van der Waals surface area (Å²) in [6.45, 7) is 6.64. The second-order valence-electron chi connectivity index (χ2n) is 9.50. The van der Waals surface area contributed by atoms with Gasteiger partial charge >= 0.3 is 12.3 Å². The number of carbonyl (C=O) groups excluding carboxylic acids is 1. The van der Waals surface area contributed by atoms with Gasteiger partial charge in [-0.3, -0.25) is 4.57 Å². The molecule has 0 saturated carbocycles. The van der Waals surface area contributed by atoms with E-state index in [0.29, 0.717) is 16.5 Å². The van der Waals surface area contributed by atoms with Gasteiger partial charge in [-0.1, -0.05) is 0 Å². The van der Waals surface area contributed by atoms with E-state index in [4.69, 9.17) is 14.7 Å². The number of carbonyl (C=O) groups is 1. The Hall–Kier alpha value is -3.97. The van der Waals surface area contributed by atoms with E-state index in [1.54, 1.807) is 27.7 Å². The summed E-state index contributed by atoms with van der Waals surface area (Å²) in [5.41, 5.74) is -4.37. The SMILES string of the molecule is COc1cc(C)c2c(ccn2C(=O)OC(C)(C)C)c1C(O)(c1cc2cc(C#N)ccc2[nH]1)C(F)(F)F. The monoisotopic (exact) mass is 499 g/mol. The normalized spacial score (nSPS) is 14.0. The van der Waals surface area contributed by atoms with Crippen molar-refractivity contribution >= 4 is 27.9 Å². The fourth-order valence-electron chi connectivity index (χ4n) is 4.33. The van der Waals surface area contributed by atoms with Crippen LogP contribution in [0.2, 0.25) is 0 Å². The highest BCUT2D eigenvalue weighted by Crippen LogP contribution is 2.50. The van der Waals surface area contributed by atoms with E-state index in [1.165, 1.54) is 43.6 Å². The Labute approximate surface area is 204 Å². The number of ether oxygens (including phenoxy) is 2. The standard InChI is InChI=1S/C26H24F3N3O4/c1-14-10-19(35-5)21(17-8-9-32(22(14)17)23(33)36-24(2,3)4)25(34,26(27,28)29)20-12-16-11-15(13-30)6-7-18(16)31-20/h6-12,31,34H,1-5H3. The Morgan fingerprint density at radius 2 is 1.83 bits per heavy atom. The lowest BCUT2D eigenvalue weighted by Gasteiger charge is -2.32. The van der Waals surface area contributed by atoms with Gasteiger partial charge in [0.15, 0.2) is 0 Å². The molecule has 188 valence electrons. The van der Waals surface area contributed by atoms with Crippen LogP contribution in [0.25, 0.3) is 21.8 Å². The number of fused-ring (bicyclic) bond motifs is 2. The average molecular weight is 499 g/mol. The molecule has 0 radical (unpaired) electrons. The molecule has 0 aliphatic heterocycles. The van der Waals surface area contributed by atoms with Crippen molar-refractivity contribution in [2.24, 2.45) is 0 Å². The molecule has 0 saturated heterocycles. The van der Waals surface area contributed by atoms with Crippen LogP contribution in [0.3, 0.4) is 0 Å². The topological polar surface area (TPSA) is 100 Å². The van der Waals surface area contributed by atoms with Crippen LogP contribution < -0.4 is 4.74 Å². The first kappa shape index (κ1) is 25.1. The summed E-state index contributed by atoms with van der Waals surface area (Å²) in [6.07, 6.45) is -4.67. The van der Waals surface area contributed by atoms with Gasteiger partial charge in [-0.15, -0.1) is 0 Å². The van der Waals surface area contributed by atoms with Gasteiger partial charge in [0.25, 0.3) is 0 Å². The van der Waals surface area contributed by atoms with Gasteiger partial charge in [0.05, 0.1) is 35.5 Å². The number of aromatic amines is 1. The smallest absolute Gasteiger partial charge is 0.427 e. The third kappa shape index (κ3) is 3.95. The zero-order chi connectivity index (χ0) is 26.6. The van der Waals surface area contributed by atoms with E-state index >= 15 is 0 Å². The Morgan fingerprint density at radius 3 is 2.42 bits per heavy atom. The number of halogens is 3. The molecular formula is C26H24F3N3O4. The van der Waals surface area contributed by atoms with Crippen molar-refractivity contribution < 1.29 is 32.5 Å². The summed E-state index contributed by atoms with van der Waals surface area (Å²) >= 11 is 0. The van der Waals surface area contributed by atoms with Crippen molar-refractivity contribution in [1.29, 1.82) is 5.26 Å². The number of methoxy groups -OCH3 is 1. The van der Waals surface area contributed by atoms with Crippen LogP contribution in [0.1, 0.15) is 43.2 Å². The van der Waals surface area contributed by atoms with Crippen molar-refractivity contribution in [2.75, 3.05) is 7.11 Å². The number of nitrogens with zero attached hydrogens (tertiary/aromatic N) is 2. The van der Waals surface area contributed by atoms with Crippen molar-refractivity contribution in [1.82, 2.24) is 9.55 Å². The fraction of sp³-hybridized carbons (Fsp3) is 0.308. The van der Waals surface area contributed by atoms with E-state index in [9.17, 15) is 23.1 Å². The fourth-order valence-corrected chi connectivity index (χ4v) is 4.33. The van der Waals surface area contributed by atoms with Crippen LogP contribution in [0.4, 0.5) is 18.0 Å². The molecule has 2 aromatic heterocycles. The Bertz CT molecular complexity index is 1540. The van der Waals surface area contributed by atoms with Crippen LogP contribution in [0, 0.1) is 18.3 Å². The quantitative estimate of drug-likeness (QED) is 0.366. The average Bonchev–Trinajstić information content (AvgIpc) is 3.41. The van der Waals surface area contributed by atoms with Gasteiger partial charge in [-0.05, 0) is 69.7 Å². The minimum Gasteiger partial charge on any atom is -0.496 e. The Morgan fingerprint density at radius 1 is 1.14 bits per heavy atom. The summed E-state index contributed by atoms with van der Waals surface area (Å²) in [5.74, 6) is -0.210. The van der Waals surface area contributed by atoms with Gasteiger partial charge in [-0.25, -0.2) is 4.79 Å². The number of aromatic nitrogens is 2. The zero-order valence-corrected chi connectivity index (χ0v) is 20.2. The van der Waals surface area contributed by atoms with Crippen molar-refractivity contribution in [3.05, 3.63) is 65.0 Å². The largest absolute Gasteiger partial charge is 0.496 e. The van der Waals surface area contributed by atoms with Crippen LogP contribution in [0.15, 0.2) is 42.6 Å². The van der Waals surface area contributed by atoms with E-state index in [2.05, 4.69) is 4.98 Å². The summed E-state index contributed by atoms with van der Waals surface area (Å²) in [6, 6.07) is 10.1. The molecule has 36 heavy (non-hydrogen) atoms. The lowest BCUT2D eigenvalue weighted by Crippen LogP contribution is -2.44. The number of aliphatic hydroxyl groups is 1. The third-order valence-corrected chi connectivity index (χ3v) is 5.84. The van der Waals surface area contributed by atoms with Crippen LogP contribution in [0.5, 0.6) is 5.75 Å². The lowest BCUT2D eigenvalue weighted by atomic mass is 9.85. The molecule has 0 bridgehead atoms. The number of rotatable bonds is 3. The molecule has 1 unspecified atom stereocenters. The molecule has 0 aliphatic carbocycles. The molecule has 1 atom stereocenters. The molecule has 2 heterocycles. The molecule has 4 aromatic rings. The number of aryl methyl sites for hydroxylation is 1. The van der Waals surface area contributed by atoms with Gasteiger partial charge in [0.2, 0.25) is 5.60 Å². The lowest BCUT2D eigenvalue weighted by molar-refractivity contribution is -0.249. The van der Waals surface area contributed by atoms with Crippen molar-refractivity contribution in [3.63, 3.8) is 0 Å². The van der Waals surface area contributed by atoms with Gasteiger partial charge in [-0.2, -0.15) is 18.4 Å². The maximum Gasteiger partial charge on any atom is 0.427 e. The minimum absolute atomic E-state index is 0.0334. The highest BCUT2D eigenvalue weighted by Gasteiger charge is 2.59. The zero-order valence-electron chi connectivity index (χ0n) is 20.2. The van der Waals surface area contributed by atoms with E-state index < -0.39 is 34.7 Å². The minimum atomic E-state index is -5.20. The highest BCUT2D eigenvalue weighted by atomic mass is 19.4. The molecule has 0 fully saturated rings. The highest BCUT2D eigenvalue weighted by molar-refractivity contribution is 5.96. The second kappa shape index (κ2) is 8.31. The van der Waals surface area contributed by atoms with Crippen molar-refractivity contribution in [3.8, 4) is 11.8 Å². The summed E-state index contributed by atoms with van der Waals surface area (Å²) in [4.78, 5) is 15.5. The molecule has 2 aromatic carbocycles. The van der Waals surface area contributed by atoms with E-state index in [0.717, 1.165) is 10.6 Å². The van der Waals surface area contributed by atoms with E-state index in [-0.39, 0.29) is 22.2 Å². The number of nitrogens with one attached hydrogen (secondary N) is 1. The molecule has 2 N–H and O–H groups in total. The number of benzene rings is 2. The number of nitriles is 1. The number of hydrogen-bond donors (Lipinski definition) is 2. The molecule has 0 amide bonds. The summed E-state index contributed by atoms with van der Waals surface area (Å²) < 4.78 is 56.3. The van der Waals surface area contributed by atoms with Gasteiger partial charge in [0, 0.05) is 22.5 Å². The maximum atomic E-state index is 14.8. The first-order chi connectivity index (χ1) is 16.7. The molecule has 4 rings (SSSR count). The molecule has 0 spiro atoms. The number of H-pyrrole nitrogens is 1. The number of alkyl halides is 3. The number of hydrogen-bond acceptors (Lipinski definition) is 5. The Balaban J connectivity index is 2.05.